The molecular weight excluding hydrogens is 198 g/mol. The van der Waals surface area contributed by atoms with Crippen LogP contribution in [0.3, 0.4) is 0 Å². The fourth-order valence-electron chi connectivity index (χ4n) is 2.41. The van der Waals surface area contributed by atoms with Gasteiger partial charge in [0.05, 0.1) is 6.61 Å². The lowest BCUT2D eigenvalue weighted by Gasteiger charge is -2.21. The summed E-state index contributed by atoms with van der Waals surface area (Å²) in [6.45, 7) is 4.22. The number of rotatable bonds is 4. The summed E-state index contributed by atoms with van der Waals surface area (Å²) >= 11 is 0. The van der Waals surface area contributed by atoms with E-state index >= 15 is 0 Å². The van der Waals surface area contributed by atoms with Gasteiger partial charge in [0.2, 0.25) is 0 Å². The van der Waals surface area contributed by atoms with Crippen LogP contribution in [0.25, 0.3) is 0 Å². The fraction of sp³-hybridized carbons (Fsp3) is 0.571. The predicted octanol–water partition coefficient (Wildman–Crippen LogP) is 2.41. The van der Waals surface area contributed by atoms with Gasteiger partial charge >= 0.3 is 0 Å². The fourth-order valence-corrected chi connectivity index (χ4v) is 2.41. The van der Waals surface area contributed by atoms with Gasteiger partial charge in [-0.2, -0.15) is 0 Å². The highest BCUT2D eigenvalue weighted by molar-refractivity contribution is 5.42. The molecule has 0 spiro atoms. The number of nitrogens with one attached hydrogen (secondary N) is 1. The maximum atomic E-state index is 5.81. The highest BCUT2D eigenvalue weighted by atomic mass is 16.5. The molecular formula is C14H21NO. The Morgan fingerprint density at radius 3 is 3.12 bits per heavy atom. The van der Waals surface area contributed by atoms with Gasteiger partial charge in [-0.15, -0.1) is 0 Å². The predicted molar refractivity (Wildman–Crippen MR) is 67.1 cm³/mol. The molecule has 0 bridgehead atoms. The van der Waals surface area contributed by atoms with E-state index in [-0.39, 0.29) is 0 Å². The largest absolute Gasteiger partial charge is 0.493 e. The molecule has 0 fully saturated rings. The number of hydrogen-bond acceptors (Lipinski definition) is 2. The monoisotopic (exact) mass is 219 g/mol. The number of para-hydroxylation sites is 1. The molecule has 2 heteroatoms. The molecule has 0 radical (unpaired) electrons. The number of hydrogen-bond donors (Lipinski definition) is 1. The minimum atomic E-state index is 0.655. The summed E-state index contributed by atoms with van der Waals surface area (Å²) in [5, 5.41) is 3.23. The molecule has 16 heavy (non-hydrogen) atoms. The van der Waals surface area contributed by atoms with Crippen molar-refractivity contribution in [2.75, 3.05) is 20.2 Å². The van der Waals surface area contributed by atoms with Crippen molar-refractivity contribution in [2.45, 2.75) is 26.2 Å². The van der Waals surface area contributed by atoms with E-state index < -0.39 is 0 Å². The summed E-state index contributed by atoms with van der Waals surface area (Å²) in [5.74, 6) is 1.82. The lowest BCUT2D eigenvalue weighted by molar-refractivity contribution is 0.284. The molecule has 1 aliphatic heterocycles. The second-order valence-corrected chi connectivity index (χ2v) is 4.72. The number of aryl methyl sites for hydroxylation is 1. The standard InChI is InChI=1S/C14H21NO/c1-11(10-15-2)9-13-6-3-5-12-7-4-8-16-14(12)13/h3,5-6,11,15H,4,7-10H2,1-2H3. The molecule has 1 unspecified atom stereocenters. The van der Waals surface area contributed by atoms with Crippen molar-refractivity contribution in [3.63, 3.8) is 0 Å². The van der Waals surface area contributed by atoms with Crippen LogP contribution in [0.2, 0.25) is 0 Å². The molecule has 1 aromatic rings. The van der Waals surface area contributed by atoms with E-state index in [1.165, 1.54) is 17.5 Å². The number of ether oxygens (including phenoxy) is 1. The van der Waals surface area contributed by atoms with Crippen molar-refractivity contribution in [2.24, 2.45) is 5.92 Å². The van der Waals surface area contributed by atoms with Crippen molar-refractivity contribution in [3.8, 4) is 5.75 Å². The summed E-state index contributed by atoms with van der Waals surface area (Å²) in [6, 6.07) is 6.56. The lowest BCUT2D eigenvalue weighted by Crippen LogP contribution is -2.19. The van der Waals surface area contributed by atoms with Crippen LogP contribution in [0.4, 0.5) is 0 Å². The molecule has 0 aliphatic carbocycles. The van der Waals surface area contributed by atoms with Gasteiger partial charge in [0, 0.05) is 0 Å². The molecule has 0 saturated carbocycles. The summed E-state index contributed by atoms with van der Waals surface area (Å²) in [6.07, 6.45) is 3.43. The molecule has 0 saturated heterocycles. The first-order valence-corrected chi connectivity index (χ1v) is 6.19. The Morgan fingerprint density at radius 1 is 1.44 bits per heavy atom. The molecule has 88 valence electrons. The molecule has 1 heterocycles. The van der Waals surface area contributed by atoms with Gasteiger partial charge < -0.3 is 10.1 Å². The third-order valence-electron chi connectivity index (χ3n) is 3.14. The topological polar surface area (TPSA) is 21.3 Å². The molecule has 1 aliphatic rings. The van der Waals surface area contributed by atoms with Gasteiger partial charge in [-0.1, -0.05) is 25.1 Å². The molecule has 2 nitrogen and oxygen atoms in total. The second-order valence-electron chi connectivity index (χ2n) is 4.72. The van der Waals surface area contributed by atoms with Crippen LogP contribution in [-0.2, 0) is 12.8 Å². The molecule has 1 atom stereocenters. The lowest BCUT2D eigenvalue weighted by atomic mass is 9.96. The highest BCUT2D eigenvalue weighted by Crippen LogP contribution is 2.30. The number of fused-ring (bicyclic) bond motifs is 1. The van der Waals surface area contributed by atoms with Crippen LogP contribution < -0.4 is 10.1 Å². The van der Waals surface area contributed by atoms with Crippen molar-refractivity contribution >= 4 is 0 Å². The zero-order valence-corrected chi connectivity index (χ0v) is 10.3. The van der Waals surface area contributed by atoms with Crippen molar-refractivity contribution in [3.05, 3.63) is 29.3 Å². The Labute approximate surface area is 98.0 Å². The number of benzene rings is 1. The molecule has 0 aromatic heterocycles. The average Bonchev–Trinajstić information content (AvgIpc) is 2.30. The normalized spacial score (nSPS) is 16.4. The molecule has 0 amide bonds. The smallest absolute Gasteiger partial charge is 0.125 e. The highest BCUT2D eigenvalue weighted by Gasteiger charge is 2.15. The van der Waals surface area contributed by atoms with E-state index in [0.717, 1.165) is 31.7 Å². The molecule has 1 aromatic carbocycles. The van der Waals surface area contributed by atoms with Crippen LogP contribution in [-0.4, -0.2) is 20.2 Å². The van der Waals surface area contributed by atoms with E-state index in [1.807, 2.05) is 7.05 Å². The third-order valence-corrected chi connectivity index (χ3v) is 3.14. The van der Waals surface area contributed by atoms with Gasteiger partial charge in [0.15, 0.2) is 0 Å². The van der Waals surface area contributed by atoms with E-state index in [0.29, 0.717) is 5.92 Å². The van der Waals surface area contributed by atoms with Crippen LogP contribution in [0.5, 0.6) is 5.75 Å². The van der Waals surface area contributed by atoms with Gasteiger partial charge in [0.25, 0.3) is 0 Å². The van der Waals surface area contributed by atoms with E-state index in [1.54, 1.807) is 0 Å². The minimum absolute atomic E-state index is 0.655. The van der Waals surface area contributed by atoms with Gasteiger partial charge in [-0.05, 0) is 49.9 Å². The van der Waals surface area contributed by atoms with Crippen LogP contribution in [0.1, 0.15) is 24.5 Å². The first-order chi connectivity index (χ1) is 7.81. The van der Waals surface area contributed by atoms with Crippen LogP contribution >= 0.6 is 0 Å². The maximum Gasteiger partial charge on any atom is 0.125 e. The summed E-state index contributed by atoms with van der Waals surface area (Å²) in [4.78, 5) is 0. The molecule has 2 rings (SSSR count). The average molecular weight is 219 g/mol. The van der Waals surface area contributed by atoms with E-state index in [9.17, 15) is 0 Å². The van der Waals surface area contributed by atoms with E-state index in [2.05, 4.69) is 30.4 Å². The Balaban J connectivity index is 2.14. The van der Waals surface area contributed by atoms with Gasteiger partial charge in [-0.25, -0.2) is 0 Å². The Hall–Kier alpha value is -1.02. The summed E-state index contributed by atoms with van der Waals surface area (Å²) in [7, 11) is 2.01. The van der Waals surface area contributed by atoms with Crippen molar-refractivity contribution < 1.29 is 4.74 Å². The zero-order valence-electron chi connectivity index (χ0n) is 10.3. The maximum absolute atomic E-state index is 5.81. The first kappa shape index (κ1) is 11.5. The first-order valence-electron chi connectivity index (χ1n) is 6.19. The SMILES string of the molecule is CNCC(C)Cc1cccc2c1OCCC2. The quantitative estimate of drug-likeness (QED) is 0.839. The summed E-state index contributed by atoms with van der Waals surface area (Å²) < 4.78 is 5.81. The van der Waals surface area contributed by atoms with Gasteiger partial charge in [-0.3, -0.25) is 0 Å². The van der Waals surface area contributed by atoms with Crippen LogP contribution in [0.15, 0.2) is 18.2 Å². The Bertz CT molecular complexity index is 349. The Morgan fingerprint density at radius 2 is 2.31 bits per heavy atom. The van der Waals surface area contributed by atoms with Crippen molar-refractivity contribution in [1.82, 2.24) is 5.32 Å². The minimum Gasteiger partial charge on any atom is -0.493 e. The van der Waals surface area contributed by atoms with Crippen LogP contribution in [0, 0.1) is 5.92 Å². The zero-order chi connectivity index (χ0) is 11.4. The second kappa shape index (κ2) is 5.35. The van der Waals surface area contributed by atoms with E-state index in [4.69, 9.17) is 4.74 Å². The van der Waals surface area contributed by atoms with Gasteiger partial charge in [0.1, 0.15) is 5.75 Å². The Kier molecular flexibility index (Phi) is 3.83. The van der Waals surface area contributed by atoms with Crippen molar-refractivity contribution in [1.29, 1.82) is 0 Å². The molecule has 1 N–H and O–H groups in total. The third kappa shape index (κ3) is 2.56. The summed E-state index contributed by atoms with van der Waals surface area (Å²) in [5.41, 5.74) is 2.76.